The molecule has 6 rings (SSSR count). The smallest absolute Gasteiger partial charge is 0.0620 e. The topological polar surface area (TPSA) is 0 Å². The highest BCUT2D eigenvalue weighted by atomic mass is 31.2. The lowest BCUT2D eigenvalue weighted by Gasteiger charge is -2.25. The van der Waals surface area contributed by atoms with Gasteiger partial charge in [-0.05, 0) is 60.7 Å². The number of rotatable bonds is 4. The lowest BCUT2D eigenvalue weighted by molar-refractivity contribution is 1.72. The van der Waals surface area contributed by atoms with E-state index >= 15 is 0 Å². The highest BCUT2D eigenvalue weighted by molar-refractivity contribution is 8.14. The third-order valence-corrected chi connectivity index (χ3v) is 17.6. The van der Waals surface area contributed by atoms with Crippen molar-refractivity contribution in [1.82, 2.24) is 0 Å². The number of hydrogen-bond donors (Lipinski definition) is 0. The first kappa shape index (κ1) is 20.6. The molecule has 1 aliphatic heterocycles. The number of hydrogen-bond acceptors (Lipinski definition) is 0. The predicted molar refractivity (Wildman–Crippen MR) is 149 cm³/mol. The van der Waals surface area contributed by atoms with Crippen molar-refractivity contribution in [1.29, 1.82) is 0 Å². The predicted octanol–water partition coefficient (Wildman–Crippen LogP) is 5.25. The SMILES string of the molecule is c1ccc([P+]2(c3ccccc3)C[P+](c3ccccc3)(c3ccccc3)c3ccccc32)cc1. The van der Waals surface area contributed by atoms with Gasteiger partial charge in [-0.1, -0.05) is 84.9 Å². The molecule has 0 fully saturated rings. The molecule has 0 unspecified atom stereocenters. The summed E-state index contributed by atoms with van der Waals surface area (Å²) >= 11 is 0. The summed E-state index contributed by atoms with van der Waals surface area (Å²) in [7, 11) is -3.69. The zero-order chi connectivity index (χ0) is 22.1. The van der Waals surface area contributed by atoms with Crippen LogP contribution in [-0.2, 0) is 0 Å². The van der Waals surface area contributed by atoms with Gasteiger partial charge in [0.05, 0.1) is 0 Å². The highest BCUT2D eigenvalue weighted by Gasteiger charge is 2.68. The van der Waals surface area contributed by atoms with Crippen LogP contribution in [0, 0.1) is 0 Å². The number of benzene rings is 5. The van der Waals surface area contributed by atoms with Gasteiger partial charge in [-0.25, -0.2) is 0 Å². The summed E-state index contributed by atoms with van der Waals surface area (Å²) in [5.74, 6) is 1.17. The molecule has 0 bridgehead atoms. The minimum absolute atomic E-state index is 1.17. The van der Waals surface area contributed by atoms with E-state index in [0.717, 1.165) is 0 Å². The Morgan fingerprint density at radius 3 is 0.818 bits per heavy atom. The lowest BCUT2D eigenvalue weighted by Crippen LogP contribution is -2.34. The quantitative estimate of drug-likeness (QED) is 0.322. The summed E-state index contributed by atoms with van der Waals surface area (Å²) in [6.07, 6.45) is 0. The van der Waals surface area contributed by atoms with E-state index in [-0.39, 0.29) is 0 Å². The van der Waals surface area contributed by atoms with Gasteiger partial charge in [0.2, 0.25) is 0 Å². The van der Waals surface area contributed by atoms with Gasteiger partial charge in [0.15, 0.2) is 31.0 Å². The van der Waals surface area contributed by atoms with Gasteiger partial charge in [0.25, 0.3) is 0 Å². The molecule has 5 aromatic rings. The highest BCUT2D eigenvalue weighted by Crippen LogP contribution is 2.75. The minimum Gasteiger partial charge on any atom is -0.0620 e. The maximum absolute atomic E-state index is 2.43. The molecule has 2 heteroatoms. The molecule has 0 amide bonds. The van der Waals surface area contributed by atoms with Gasteiger partial charge < -0.3 is 0 Å². The van der Waals surface area contributed by atoms with E-state index in [9.17, 15) is 0 Å². The van der Waals surface area contributed by atoms with Crippen LogP contribution in [0.15, 0.2) is 146 Å². The Morgan fingerprint density at radius 1 is 0.303 bits per heavy atom. The van der Waals surface area contributed by atoms with Crippen LogP contribution in [0.1, 0.15) is 0 Å². The zero-order valence-electron chi connectivity index (χ0n) is 18.5. The van der Waals surface area contributed by atoms with Crippen molar-refractivity contribution in [2.45, 2.75) is 0 Å². The van der Waals surface area contributed by atoms with E-state index in [4.69, 9.17) is 0 Å². The summed E-state index contributed by atoms with van der Waals surface area (Å²) < 4.78 is 0. The van der Waals surface area contributed by atoms with Crippen LogP contribution < -0.4 is 31.8 Å². The van der Waals surface area contributed by atoms with Crippen LogP contribution in [-0.4, -0.2) is 5.90 Å². The van der Waals surface area contributed by atoms with Gasteiger partial charge in [-0.15, -0.1) is 0 Å². The Kier molecular flexibility index (Phi) is 5.22. The molecule has 0 radical (unpaired) electrons. The van der Waals surface area contributed by atoms with E-state index in [2.05, 4.69) is 146 Å². The Balaban J connectivity index is 1.75. The molecule has 0 aromatic heterocycles. The van der Waals surface area contributed by atoms with Crippen LogP contribution in [0.5, 0.6) is 0 Å². The number of fused-ring (bicyclic) bond motifs is 1. The summed E-state index contributed by atoms with van der Waals surface area (Å²) in [4.78, 5) is 0. The van der Waals surface area contributed by atoms with Crippen LogP contribution >= 0.6 is 14.5 Å². The van der Waals surface area contributed by atoms with Crippen molar-refractivity contribution < 1.29 is 0 Å². The largest absolute Gasteiger partial charge is 0.188 e. The molecule has 1 aliphatic rings. The Hall–Kier alpha value is -3.04. The first-order valence-corrected chi connectivity index (χ1v) is 15.4. The fourth-order valence-electron chi connectivity index (χ4n) is 5.49. The van der Waals surface area contributed by atoms with Crippen LogP contribution in [0.3, 0.4) is 0 Å². The molecule has 1 heterocycles. The van der Waals surface area contributed by atoms with E-state index in [0.29, 0.717) is 0 Å². The minimum atomic E-state index is -1.84. The average molecular weight is 460 g/mol. The fraction of sp³-hybridized carbons (Fsp3) is 0.0323. The van der Waals surface area contributed by atoms with Crippen molar-refractivity contribution in [3.05, 3.63) is 146 Å². The summed E-state index contributed by atoms with van der Waals surface area (Å²) in [6, 6.07) is 54.6. The lowest BCUT2D eigenvalue weighted by atomic mass is 10.3. The standard InChI is InChI=1S/C31H26P2/c1-5-15-26(16-6-1)32(27-17-7-2-8-18-27)25-33(28-19-9-3-10-20-28,29-21-11-4-12-22-29)31-24-14-13-23-30(31)32/h1-24H,25H2/q+2. The second kappa shape index (κ2) is 8.39. The van der Waals surface area contributed by atoms with Gasteiger partial charge in [-0.3, -0.25) is 0 Å². The molecule has 0 N–H and O–H groups in total. The zero-order valence-corrected chi connectivity index (χ0v) is 20.2. The van der Waals surface area contributed by atoms with Crippen molar-refractivity contribution >= 4 is 46.4 Å². The third-order valence-electron chi connectivity index (χ3n) is 6.92. The van der Waals surface area contributed by atoms with E-state index < -0.39 is 14.5 Å². The van der Waals surface area contributed by atoms with Crippen LogP contribution in [0.2, 0.25) is 0 Å². The van der Waals surface area contributed by atoms with Crippen molar-refractivity contribution in [3.8, 4) is 0 Å². The van der Waals surface area contributed by atoms with Crippen LogP contribution in [0.25, 0.3) is 0 Å². The van der Waals surface area contributed by atoms with E-state index in [1.165, 1.54) is 27.1 Å². The summed E-state index contributed by atoms with van der Waals surface area (Å²) in [5, 5.41) is 9.05. The van der Waals surface area contributed by atoms with Crippen molar-refractivity contribution in [2.24, 2.45) is 0 Å². The first-order chi connectivity index (χ1) is 16.4. The Morgan fingerprint density at radius 2 is 0.545 bits per heavy atom. The summed E-state index contributed by atoms with van der Waals surface area (Å²) in [6.45, 7) is 0. The van der Waals surface area contributed by atoms with Gasteiger partial charge in [0, 0.05) is 0 Å². The fourth-order valence-corrected chi connectivity index (χ4v) is 18.9. The second-order valence-corrected chi connectivity index (χ2v) is 16.0. The third kappa shape index (κ3) is 3.13. The molecule has 5 aromatic carbocycles. The molecule has 0 saturated carbocycles. The normalized spacial score (nSPS) is 15.6. The molecule has 0 nitrogen and oxygen atoms in total. The Bertz CT molecular complexity index is 1180. The van der Waals surface area contributed by atoms with Gasteiger partial charge in [0.1, 0.15) is 21.2 Å². The van der Waals surface area contributed by atoms with Crippen LogP contribution in [0.4, 0.5) is 0 Å². The maximum Gasteiger partial charge on any atom is 0.188 e. The molecule has 158 valence electrons. The molecule has 33 heavy (non-hydrogen) atoms. The van der Waals surface area contributed by atoms with E-state index in [1.54, 1.807) is 10.6 Å². The van der Waals surface area contributed by atoms with Crippen molar-refractivity contribution in [2.75, 3.05) is 5.90 Å². The molecular formula is C31H26P2+2. The van der Waals surface area contributed by atoms with Crippen molar-refractivity contribution in [3.63, 3.8) is 0 Å². The monoisotopic (exact) mass is 460 g/mol. The van der Waals surface area contributed by atoms with Gasteiger partial charge >= 0.3 is 0 Å². The molecule has 0 aliphatic carbocycles. The maximum atomic E-state index is 2.43. The molecular weight excluding hydrogens is 434 g/mol. The van der Waals surface area contributed by atoms with Gasteiger partial charge in [-0.2, -0.15) is 0 Å². The van der Waals surface area contributed by atoms with E-state index in [1.807, 2.05) is 0 Å². The summed E-state index contributed by atoms with van der Waals surface area (Å²) in [5.41, 5.74) is 0. The average Bonchev–Trinajstić information content (AvgIpc) is 3.24. The Labute approximate surface area is 197 Å². The second-order valence-electron chi connectivity index (χ2n) is 8.59. The molecule has 0 saturated heterocycles. The first-order valence-electron chi connectivity index (χ1n) is 11.4. The molecule has 0 spiro atoms. The molecule has 0 atom stereocenters.